The highest BCUT2D eigenvalue weighted by atomic mass is 35.5. The molecule has 2 aromatic carbocycles. The minimum atomic E-state index is -3.55. The van der Waals surface area contributed by atoms with Crippen LogP contribution in [0.15, 0.2) is 42.5 Å². The van der Waals surface area contributed by atoms with Crippen LogP contribution in [0.5, 0.6) is 11.5 Å². The standard InChI is InChI=1S/C19H21ClN2O5S/c1-26-16-6-4-3-5-13(16)12-21-19(23)18-9-10-22(28(2,24)25)15-11-14(20)7-8-17(15)27-18/h3-8,11,18H,9-10,12H2,1-2H3,(H,21,23)/t18-/m1/s1. The molecule has 1 amide bonds. The van der Waals surface area contributed by atoms with E-state index in [1.54, 1.807) is 19.2 Å². The highest BCUT2D eigenvalue weighted by Gasteiger charge is 2.31. The van der Waals surface area contributed by atoms with E-state index in [-0.39, 0.29) is 25.4 Å². The summed E-state index contributed by atoms with van der Waals surface area (Å²) in [7, 11) is -1.98. The number of ether oxygens (including phenoxy) is 2. The van der Waals surface area contributed by atoms with Crippen LogP contribution < -0.4 is 19.1 Å². The van der Waals surface area contributed by atoms with Crippen molar-refractivity contribution in [3.05, 3.63) is 53.1 Å². The fraction of sp³-hybridized carbons (Fsp3) is 0.316. The number of carbonyl (C=O) groups is 1. The Morgan fingerprint density at radius 3 is 2.79 bits per heavy atom. The Labute approximate surface area is 169 Å². The number of nitrogens with one attached hydrogen (secondary N) is 1. The molecule has 0 bridgehead atoms. The molecule has 9 heteroatoms. The van der Waals surface area contributed by atoms with Crippen molar-refractivity contribution in [1.82, 2.24) is 5.32 Å². The van der Waals surface area contributed by atoms with E-state index in [0.29, 0.717) is 22.2 Å². The largest absolute Gasteiger partial charge is 0.496 e. The molecule has 2 aromatic rings. The van der Waals surface area contributed by atoms with Gasteiger partial charge in [-0.3, -0.25) is 9.10 Å². The van der Waals surface area contributed by atoms with Gasteiger partial charge >= 0.3 is 0 Å². The number of rotatable bonds is 5. The summed E-state index contributed by atoms with van der Waals surface area (Å²) in [6, 6.07) is 12.1. The second kappa shape index (κ2) is 8.28. The molecule has 1 aliphatic heterocycles. The molecule has 1 aliphatic rings. The molecule has 0 saturated heterocycles. The number of hydrogen-bond acceptors (Lipinski definition) is 5. The summed E-state index contributed by atoms with van der Waals surface area (Å²) in [4.78, 5) is 12.7. The van der Waals surface area contributed by atoms with Gasteiger partial charge < -0.3 is 14.8 Å². The SMILES string of the molecule is COc1ccccc1CNC(=O)[C@H]1CCN(S(C)(=O)=O)c2cc(Cl)ccc2O1. The predicted molar refractivity (Wildman–Crippen MR) is 108 cm³/mol. The van der Waals surface area contributed by atoms with Gasteiger partial charge in [-0.1, -0.05) is 29.8 Å². The maximum Gasteiger partial charge on any atom is 0.261 e. The topological polar surface area (TPSA) is 84.9 Å². The van der Waals surface area contributed by atoms with E-state index in [1.165, 1.54) is 10.4 Å². The fourth-order valence-electron chi connectivity index (χ4n) is 3.03. The van der Waals surface area contributed by atoms with Gasteiger partial charge in [0.05, 0.1) is 19.1 Å². The first-order chi connectivity index (χ1) is 13.3. The molecule has 7 nitrogen and oxygen atoms in total. The Morgan fingerprint density at radius 2 is 2.07 bits per heavy atom. The van der Waals surface area contributed by atoms with Crippen molar-refractivity contribution in [3.8, 4) is 11.5 Å². The lowest BCUT2D eigenvalue weighted by Gasteiger charge is -2.21. The summed E-state index contributed by atoms with van der Waals surface area (Å²) in [6.07, 6.45) is 0.484. The first-order valence-electron chi connectivity index (χ1n) is 8.63. The summed E-state index contributed by atoms with van der Waals surface area (Å²) in [5, 5.41) is 3.21. The second-order valence-corrected chi connectivity index (χ2v) is 8.72. The van der Waals surface area contributed by atoms with Crippen molar-refractivity contribution in [3.63, 3.8) is 0 Å². The van der Waals surface area contributed by atoms with Gasteiger partial charge in [-0.25, -0.2) is 8.42 Å². The number of fused-ring (bicyclic) bond motifs is 1. The first-order valence-corrected chi connectivity index (χ1v) is 10.9. The lowest BCUT2D eigenvalue weighted by molar-refractivity contribution is -0.128. The van der Waals surface area contributed by atoms with Crippen LogP contribution in [0.1, 0.15) is 12.0 Å². The monoisotopic (exact) mass is 424 g/mol. The maximum absolute atomic E-state index is 12.7. The van der Waals surface area contributed by atoms with Crippen molar-refractivity contribution < 1.29 is 22.7 Å². The minimum Gasteiger partial charge on any atom is -0.496 e. The third-order valence-electron chi connectivity index (χ3n) is 4.39. The molecule has 3 rings (SSSR count). The van der Waals surface area contributed by atoms with Crippen LogP contribution in [0.4, 0.5) is 5.69 Å². The van der Waals surface area contributed by atoms with Gasteiger partial charge in [0.2, 0.25) is 10.0 Å². The molecule has 1 heterocycles. The van der Waals surface area contributed by atoms with E-state index in [2.05, 4.69) is 5.32 Å². The number of benzene rings is 2. The Morgan fingerprint density at radius 1 is 1.32 bits per heavy atom. The molecule has 0 radical (unpaired) electrons. The molecule has 0 spiro atoms. The number of carbonyl (C=O) groups excluding carboxylic acids is 1. The zero-order chi connectivity index (χ0) is 20.3. The van der Waals surface area contributed by atoms with Gasteiger partial charge in [0, 0.05) is 30.1 Å². The molecular weight excluding hydrogens is 404 g/mol. The highest BCUT2D eigenvalue weighted by molar-refractivity contribution is 7.92. The number of amides is 1. The normalized spacial score (nSPS) is 16.5. The predicted octanol–water partition coefficient (Wildman–Crippen LogP) is 2.58. The van der Waals surface area contributed by atoms with Crippen LogP contribution in [-0.4, -0.2) is 40.3 Å². The van der Waals surface area contributed by atoms with E-state index in [9.17, 15) is 13.2 Å². The van der Waals surface area contributed by atoms with E-state index in [1.807, 2.05) is 24.3 Å². The van der Waals surface area contributed by atoms with Crippen molar-refractivity contribution in [2.45, 2.75) is 19.1 Å². The van der Waals surface area contributed by atoms with Crippen LogP contribution in [0.25, 0.3) is 0 Å². The first kappa shape index (κ1) is 20.3. The van der Waals surface area contributed by atoms with Crippen molar-refractivity contribution in [2.75, 3.05) is 24.2 Å². The number of nitrogens with zero attached hydrogens (tertiary/aromatic N) is 1. The Kier molecular flexibility index (Phi) is 6.00. The van der Waals surface area contributed by atoms with E-state index in [0.717, 1.165) is 11.8 Å². The Balaban J connectivity index is 1.78. The van der Waals surface area contributed by atoms with Crippen LogP contribution in [-0.2, 0) is 21.4 Å². The zero-order valence-corrected chi connectivity index (χ0v) is 17.1. The van der Waals surface area contributed by atoms with Crippen molar-refractivity contribution in [2.24, 2.45) is 0 Å². The third-order valence-corrected chi connectivity index (χ3v) is 5.81. The van der Waals surface area contributed by atoms with Gasteiger partial charge in [0.25, 0.3) is 5.91 Å². The summed E-state index contributed by atoms with van der Waals surface area (Å²) in [5.41, 5.74) is 1.16. The number of anilines is 1. The Bertz CT molecular complexity index is 980. The molecule has 0 unspecified atom stereocenters. The minimum absolute atomic E-state index is 0.110. The number of methoxy groups -OCH3 is 1. The molecule has 1 N–H and O–H groups in total. The summed E-state index contributed by atoms with van der Waals surface area (Å²) in [5.74, 6) is 0.639. The smallest absolute Gasteiger partial charge is 0.261 e. The fourth-order valence-corrected chi connectivity index (χ4v) is 4.13. The highest BCUT2D eigenvalue weighted by Crippen LogP contribution is 2.36. The maximum atomic E-state index is 12.7. The molecule has 0 fully saturated rings. The van der Waals surface area contributed by atoms with Crippen molar-refractivity contribution in [1.29, 1.82) is 0 Å². The molecule has 0 saturated carbocycles. The average molecular weight is 425 g/mol. The summed E-state index contributed by atoms with van der Waals surface area (Å²) in [6.45, 7) is 0.380. The van der Waals surface area contributed by atoms with Crippen molar-refractivity contribution >= 4 is 33.2 Å². The molecule has 1 atom stereocenters. The van der Waals surface area contributed by atoms with Gasteiger partial charge in [-0.05, 0) is 24.3 Å². The number of hydrogen-bond donors (Lipinski definition) is 1. The van der Waals surface area contributed by atoms with Crippen LogP contribution in [0.2, 0.25) is 5.02 Å². The summed E-state index contributed by atoms with van der Waals surface area (Å²) >= 11 is 6.02. The second-order valence-electron chi connectivity index (χ2n) is 6.37. The van der Waals surface area contributed by atoms with Crippen LogP contribution in [0.3, 0.4) is 0 Å². The molecule has 150 valence electrons. The van der Waals surface area contributed by atoms with E-state index in [4.69, 9.17) is 21.1 Å². The number of halogens is 1. The number of para-hydroxylation sites is 1. The number of sulfonamides is 1. The quantitative estimate of drug-likeness (QED) is 0.797. The van der Waals surface area contributed by atoms with Gasteiger partial charge in [0.1, 0.15) is 11.5 Å². The van der Waals surface area contributed by atoms with Crippen LogP contribution >= 0.6 is 11.6 Å². The lowest BCUT2D eigenvalue weighted by atomic mass is 10.2. The van der Waals surface area contributed by atoms with Gasteiger partial charge in [0.15, 0.2) is 6.10 Å². The Hall–Kier alpha value is -2.45. The molecule has 0 aliphatic carbocycles. The third kappa shape index (κ3) is 4.51. The van der Waals surface area contributed by atoms with Crippen LogP contribution in [0, 0.1) is 0 Å². The lowest BCUT2D eigenvalue weighted by Crippen LogP contribution is -2.39. The van der Waals surface area contributed by atoms with Gasteiger partial charge in [-0.15, -0.1) is 0 Å². The van der Waals surface area contributed by atoms with E-state index >= 15 is 0 Å². The molecule has 0 aromatic heterocycles. The van der Waals surface area contributed by atoms with E-state index < -0.39 is 16.1 Å². The summed E-state index contributed by atoms with van der Waals surface area (Å²) < 4.78 is 36.7. The molecular formula is C19H21ClN2O5S. The van der Waals surface area contributed by atoms with Gasteiger partial charge in [-0.2, -0.15) is 0 Å². The zero-order valence-electron chi connectivity index (χ0n) is 15.5. The molecule has 28 heavy (non-hydrogen) atoms. The average Bonchev–Trinajstić information content (AvgIpc) is 2.85.